The van der Waals surface area contributed by atoms with E-state index in [4.69, 9.17) is 13.7 Å². The van der Waals surface area contributed by atoms with Crippen molar-refractivity contribution in [2.75, 3.05) is 6.61 Å². The smallest absolute Gasteiger partial charge is 0.297 e. The first kappa shape index (κ1) is 14.0. The fraction of sp³-hybridized carbons (Fsp3) is 0.538. The van der Waals surface area contributed by atoms with Crippen LogP contribution in [0.2, 0.25) is 0 Å². The molecule has 1 aromatic rings. The number of hydrogen-bond acceptors (Lipinski definition) is 6. The van der Waals surface area contributed by atoms with Crippen LogP contribution in [0.4, 0.5) is 0 Å². The van der Waals surface area contributed by atoms with Crippen LogP contribution in [0.25, 0.3) is 0 Å². The van der Waals surface area contributed by atoms with Gasteiger partial charge in [0, 0.05) is 6.42 Å². The number of aliphatic hydroxyl groups is 1. The van der Waals surface area contributed by atoms with Gasteiger partial charge in [0.05, 0.1) is 23.7 Å². The van der Waals surface area contributed by atoms with Crippen molar-refractivity contribution in [2.24, 2.45) is 0 Å². The third-order valence-electron chi connectivity index (χ3n) is 3.47. The topological polar surface area (TPSA) is 82.1 Å². The Morgan fingerprint density at radius 1 is 1.30 bits per heavy atom. The van der Waals surface area contributed by atoms with E-state index in [0.29, 0.717) is 13.0 Å². The lowest BCUT2D eigenvalue weighted by Gasteiger charge is -2.31. The number of aliphatic hydroxyl groups excluding tert-OH is 1. The van der Waals surface area contributed by atoms with Crippen molar-refractivity contribution in [1.82, 2.24) is 0 Å². The molecular weight excluding hydrogens is 284 g/mol. The van der Waals surface area contributed by atoms with Gasteiger partial charge in [0.25, 0.3) is 10.1 Å². The van der Waals surface area contributed by atoms with Crippen LogP contribution >= 0.6 is 0 Å². The van der Waals surface area contributed by atoms with Gasteiger partial charge < -0.3 is 14.6 Å². The largest absolute Gasteiger partial charge is 0.390 e. The first-order valence-electron chi connectivity index (χ1n) is 6.41. The Bertz CT molecular complexity index is 581. The molecule has 0 aromatic heterocycles. The summed E-state index contributed by atoms with van der Waals surface area (Å²) in [6.45, 7) is 2.22. The van der Waals surface area contributed by atoms with Crippen LogP contribution in [0.5, 0.6) is 0 Å². The molecule has 1 aromatic carbocycles. The van der Waals surface area contributed by atoms with E-state index in [1.807, 2.05) is 6.92 Å². The molecule has 20 heavy (non-hydrogen) atoms. The second kappa shape index (κ2) is 5.09. The highest BCUT2D eigenvalue weighted by atomic mass is 32.2. The Hall–Kier alpha value is -0.990. The van der Waals surface area contributed by atoms with E-state index in [2.05, 4.69) is 0 Å². The zero-order valence-corrected chi connectivity index (χ0v) is 11.7. The van der Waals surface area contributed by atoms with Gasteiger partial charge in [0.15, 0.2) is 12.4 Å². The molecule has 2 aliphatic rings. The molecule has 2 heterocycles. The monoisotopic (exact) mass is 300 g/mol. The molecule has 2 aliphatic heterocycles. The quantitative estimate of drug-likeness (QED) is 0.822. The van der Waals surface area contributed by atoms with Gasteiger partial charge in [0.1, 0.15) is 0 Å². The highest BCUT2D eigenvalue weighted by Crippen LogP contribution is 2.31. The number of fused-ring (bicyclic) bond motifs is 2. The lowest BCUT2D eigenvalue weighted by molar-refractivity contribution is -0.181. The van der Waals surface area contributed by atoms with Gasteiger partial charge >= 0.3 is 0 Å². The van der Waals surface area contributed by atoms with Gasteiger partial charge in [-0.05, 0) is 19.1 Å². The summed E-state index contributed by atoms with van der Waals surface area (Å²) in [6.07, 6.45) is -2.65. The minimum absolute atomic E-state index is 0.0513. The van der Waals surface area contributed by atoms with Crippen molar-refractivity contribution in [2.45, 2.75) is 42.8 Å². The summed E-state index contributed by atoms with van der Waals surface area (Å²) in [5.74, 6) is 0. The summed E-state index contributed by atoms with van der Waals surface area (Å²) < 4.78 is 40.2. The molecule has 2 saturated heterocycles. The maximum Gasteiger partial charge on any atom is 0.297 e. The molecule has 6 nitrogen and oxygen atoms in total. The molecule has 0 spiro atoms. The number of aryl methyl sites for hydroxylation is 1. The van der Waals surface area contributed by atoms with Gasteiger partial charge in [-0.15, -0.1) is 0 Å². The van der Waals surface area contributed by atoms with Crippen LogP contribution in [-0.2, 0) is 23.8 Å². The van der Waals surface area contributed by atoms with E-state index in [0.717, 1.165) is 5.56 Å². The lowest BCUT2D eigenvalue weighted by atomic mass is 10.1. The van der Waals surface area contributed by atoms with E-state index in [1.54, 1.807) is 12.1 Å². The zero-order chi connectivity index (χ0) is 14.3. The summed E-state index contributed by atoms with van der Waals surface area (Å²) in [5.41, 5.74) is 0.951. The Morgan fingerprint density at radius 3 is 2.70 bits per heavy atom. The summed E-state index contributed by atoms with van der Waals surface area (Å²) in [6, 6.07) is 6.32. The molecule has 0 saturated carbocycles. The standard InChI is InChI=1S/C13H16O6S/c1-8-2-4-10(5-3-8)20(15,16)19-12-11(14)6-9-7-17-13(12)18-9/h2-5,9,11-14H,6-7H2,1H3/t9-,11+,12-,13+/m1/s1. The van der Waals surface area contributed by atoms with E-state index < -0.39 is 28.6 Å². The van der Waals surface area contributed by atoms with Crippen molar-refractivity contribution in [3.05, 3.63) is 29.8 Å². The summed E-state index contributed by atoms with van der Waals surface area (Å²) in [7, 11) is -3.95. The zero-order valence-electron chi connectivity index (χ0n) is 10.9. The Labute approximate surface area is 117 Å². The van der Waals surface area contributed by atoms with Crippen molar-refractivity contribution >= 4 is 10.1 Å². The SMILES string of the molecule is Cc1ccc(S(=O)(=O)O[C@H]2[C@H]3OC[C@@H](C[C@@H]2O)O3)cc1. The molecule has 1 N–H and O–H groups in total. The second-order valence-corrected chi connectivity index (χ2v) is 6.66. The van der Waals surface area contributed by atoms with Crippen LogP contribution in [0.3, 0.4) is 0 Å². The van der Waals surface area contributed by atoms with E-state index in [-0.39, 0.29) is 11.0 Å². The van der Waals surface area contributed by atoms with E-state index >= 15 is 0 Å². The summed E-state index contributed by atoms with van der Waals surface area (Å²) in [4.78, 5) is 0.0513. The molecule has 0 unspecified atom stereocenters. The fourth-order valence-electron chi connectivity index (χ4n) is 2.37. The van der Waals surface area contributed by atoms with Crippen LogP contribution in [0.15, 0.2) is 29.2 Å². The predicted octanol–water partition coefficient (Wildman–Crippen LogP) is 0.575. The van der Waals surface area contributed by atoms with Gasteiger partial charge in [-0.25, -0.2) is 0 Å². The summed E-state index contributed by atoms with van der Waals surface area (Å²) >= 11 is 0. The molecule has 4 atom stereocenters. The third kappa shape index (κ3) is 2.59. The molecule has 2 bridgehead atoms. The molecule has 0 amide bonds. The Balaban J connectivity index is 1.80. The molecule has 110 valence electrons. The average Bonchev–Trinajstić information content (AvgIpc) is 2.79. The fourth-order valence-corrected chi connectivity index (χ4v) is 3.46. The number of hydrogen-bond donors (Lipinski definition) is 1. The predicted molar refractivity (Wildman–Crippen MR) is 68.5 cm³/mol. The molecular formula is C13H16O6S. The maximum absolute atomic E-state index is 12.2. The molecule has 0 radical (unpaired) electrons. The normalized spacial score (nSPS) is 33.3. The third-order valence-corrected chi connectivity index (χ3v) is 4.80. The van der Waals surface area contributed by atoms with E-state index in [1.165, 1.54) is 12.1 Å². The highest BCUT2D eigenvalue weighted by molar-refractivity contribution is 7.86. The van der Waals surface area contributed by atoms with Crippen molar-refractivity contribution in [3.8, 4) is 0 Å². The van der Waals surface area contributed by atoms with Crippen molar-refractivity contribution in [1.29, 1.82) is 0 Å². The summed E-state index contributed by atoms with van der Waals surface area (Å²) in [5, 5.41) is 9.95. The van der Waals surface area contributed by atoms with Crippen LogP contribution in [-0.4, -0.2) is 44.7 Å². The van der Waals surface area contributed by atoms with Gasteiger partial charge in [-0.3, -0.25) is 4.18 Å². The van der Waals surface area contributed by atoms with Crippen LogP contribution in [0.1, 0.15) is 12.0 Å². The number of rotatable bonds is 3. The molecule has 7 heteroatoms. The van der Waals surface area contributed by atoms with Crippen molar-refractivity contribution in [3.63, 3.8) is 0 Å². The van der Waals surface area contributed by atoms with Gasteiger partial charge in [-0.1, -0.05) is 17.7 Å². The maximum atomic E-state index is 12.2. The lowest BCUT2D eigenvalue weighted by Crippen LogP contribution is -2.46. The minimum atomic E-state index is -3.95. The number of benzene rings is 1. The highest BCUT2D eigenvalue weighted by Gasteiger charge is 2.46. The minimum Gasteiger partial charge on any atom is -0.390 e. The second-order valence-electron chi connectivity index (χ2n) is 5.09. The molecule has 2 fully saturated rings. The van der Waals surface area contributed by atoms with Crippen LogP contribution < -0.4 is 0 Å². The Kier molecular flexibility index (Phi) is 3.55. The average molecular weight is 300 g/mol. The molecule has 3 rings (SSSR count). The Morgan fingerprint density at radius 2 is 2.00 bits per heavy atom. The van der Waals surface area contributed by atoms with E-state index in [9.17, 15) is 13.5 Å². The molecule has 0 aliphatic carbocycles. The van der Waals surface area contributed by atoms with Crippen LogP contribution in [0, 0.1) is 6.92 Å². The van der Waals surface area contributed by atoms with Gasteiger partial charge in [0.2, 0.25) is 0 Å². The van der Waals surface area contributed by atoms with Crippen molar-refractivity contribution < 1.29 is 27.2 Å². The number of ether oxygens (including phenoxy) is 2. The van der Waals surface area contributed by atoms with Gasteiger partial charge in [-0.2, -0.15) is 8.42 Å². The first-order valence-corrected chi connectivity index (χ1v) is 7.81. The first-order chi connectivity index (χ1) is 9.45.